The summed E-state index contributed by atoms with van der Waals surface area (Å²) < 4.78 is 4.60. The van der Waals surface area contributed by atoms with Gasteiger partial charge in [0.2, 0.25) is 0 Å². The minimum atomic E-state index is 0.527. The minimum Gasteiger partial charge on any atom is -0.427 e. The SMILES string of the molecule is CCCCC(C)COC#N. The van der Waals surface area contributed by atoms with E-state index in [0.29, 0.717) is 12.5 Å². The third kappa shape index (κ3) is 5.43. The van der Waals surface area contributed by atoms with Gasteiger partial charge >= 0.3 is 0 Å². The van der Waals surface area contributed by atoms with Crippen molar-refractivity contribution in [2.45, 2.75) is 33.1 Å². The van der Waals surface area contributed by atoms with Crippen LogP contribution in [0.4, 0.5) is 0 Å². The Labute approximate surface area is 62.8 Å². The Kier molecular flexibility index (Phi) is 5.96. The maximum Gasteiger partial charge on any atom is 0.286 e. The first-order valence-electron chi connectivity index (χ1n) is 3.82. The molecular formula is C8H15NO. The quantitative estimate of drug-likeness (QED) is 0.550. The lowest BCUT2D eigenvalue weighted by Crippen LogP contribution is -2.02. The molecule has 0 spiro atoms. The molecule has 0 bridgehead atoms. The molecule has 0 rings (SSSR count). The highest BCUT2D eigenvalue weighted by molar-refractivity contribution is 4.55. The van der Waals surface area contributed by atoms with E-state index in [2.05, 4.69) is 18.6 Å². The molecule has 0 N–H and O–H groups in total. The Morgan fingerprint density at radius 3 is 2.80 bits per heavy atom. The molecule has 0 saturated carbocycles. The van der Waals surface area contributed by atoms with Crippen molar-refractivity contribution in [3.05, 3.63) is 0 Å². The lowest BCUT2D eigenvalue weighted by atomic mass is 10.1. The van der Waals surface area contributed by atoms with E-state index >= 15 is 0 Å². The molecule has 2 heteroatoms. The number of nitrogens with zero attached hydrogens (tertiary/aromatic N) is 1. The van der Waals surface area contributed by atoms with Gasteiger partial charge < -0.3 is 4.74 Å². The summed E-state index contributed by atoms with van der Waals surface area (Å²) in [6.07, 6.45) is 5.29. The average molecular weight is 141 g/mol. The zero-order valence-corrected chi connectivity index (χ0v) is 6.76. The van der Waals surface area contributed by atoms with Crippen molar-refractivity contribution in [3.63, 3.8) is 0 Å². The molecule has 0 aromatic carbocycles. The van der Waals surface area contributed by atoms with Crippen LogP contribution in [0.3, 0.4) is 0 Å². The fourth-order valence-electron chi connectivity index (χ4n) is 0.815. The predicted molar refractivity (Wildman–Crippen MR) is 40.3 cm³/mol. The highest BCUT2D eigenvalue weighted by Crippen LogP contribution is 2.06. The molecule has 0 heterocycles. The largest absolute Gasteiger partial charge is 0.427 e. The van der Waals surface area contributed by atoms with E-state index in [1.807, 2.05) is 0 Å². The Bertz CT molecular complexity index is 106. The van der Waals surface area contributed by atoms with Gasteiger partial charge in [0.15, 0.2) is 0 Å². The monoisotopic (exact) mass is 141 g/mol. The van der Waals surface area contributed by atoms with Crippen LogP contribution >= 0.6 is 0 Å². The Morgan fingerprint density at radius 1 is 1.60 bits per heavy atom. The van der Waals surface area contributed by atoms with Crippen LogP contribution in [0.2, 0.25) is 0 Å². The fraction of sp³-hybridized carbons (Fsp3) is 0.875. The zero-order valence-electron chi connectivity index (χ0n) is 6.76. The summed E-state index contributed by atoms with van der Waals surface area (Å²) in [7, 11) is 0. The van der Waals surface area contributed by atoms with E-state index in [9.17, 15) is 0 Å². The number of rotatable bonds is 5. The topological polar surface area (TPSA) is 33.0 Å². The van der Waals surface area contributed by atoms with Gasteiger partial charge in [-0.2, -0.15) is 5.26 Å². The van der Waals surface area contributed by atoms with Crippen molar-refractivity contribution < 1.29 is 4.74 Å². The number of unbranched alkanes of at least 4 members (excludes halogenated alkanes) is 1. The van der Waals surface area contributed by atoms with Gasteiger partial charge in [0, 0.05) is 0 Å². The molecule has 0 aromatic heterocycles. The maximum atomic E-state index is 8.07. The van der Waals surface area contributed by atoms with Gasteiger partial charge in [-0.1, -0.05) is 26.7 Å². The molecule has 0 aliphatic rings. The van der Waals surface area contributed by atoms with Crippen molar-refractivity contribution in [1.82, 2.24) is 0 Å². The summed E-state index contributed by atoms with van der Waals surface area (Å²) in [6, 6.07) is 0. The van der Waals surface area contributed by atoms with Crippen LogP contribution < -0.4 is 0 Å². The van der Waals surface area contributed by atoms with Crippen LogP contribution in [0, 0.1) is 17.4 Å². The molecule has 0 aliphatic heterocycles. The maximum absolute atomic E-state index is 8.07. The van der Waals surface area contributed by atoms with Gasteiger partial charge in [-0.05, 0) is 12.3 Å². The molecule has 58 valence electrons. The standard InChI is InChI=1S/C8H15NO/c1-3-4-5-8(2)6-10-7-9/h8H,3-6H2,1-2H3. The summed E-state index contributed by atoms with van der Waals surface area (Å²) in [6.45, 7) is 4.85. The molecular weight excluding hydrogens is 126 g/mol. The first-order chi connectivity index (χ1) is 4.81. The summed E-state index contributed by atoms with van der Waals surface area (Å²) in [5.74, 6) is 0.527. The van der Waals surface area contributed by atoms with Gasteiger partial charge in [-0.3, -0.25) is 0 Å². The molecule has 2 nitrogen and oxygen atoms in total. The third-order valence-corrected chi connectivity index (χ3v) is 1.48. The van der Waals surface area contributed by atoms with E-state index in [1.54, 1.807) is 6.26 Å². The van der Waals surface area contributed by atoms with E-state index in [0.717, 1.165) is 6.42 Å². The molecule has 1 atom stereocenters. The van der Waals surface area contributed by atoms with Crippen LogP contribution in [0.25, 0.3) is 0 Å². The van der Waals surface area contributed by atoms with Crippen LogP contribution in [-0.4, -0.2) is 6.61 Å². The zero-order chi connectivity index (χ0) is 7.82. The minimum absolute atomic E-state index is 0.527. The summed E-state index contributed by atoms with van der Waals surface area (Å²) in [4.78, 5) is 0. The van der Waals surface area contributed by atoms with Crippen molar-refractivity contribution in [2.75, 3.05) is 6.61 Å². The fourth-order valence-corrected chi connectivity index (χ4v) is 0.815. The van der Waals surface area contributed by atoms with E-state index in [4.69, 9.17) is 5.26 Å². The highest BCUT2D eigenvalue weighted by atomic mass is 16.5. The average Bonchev–Trinajstić information content (AvgIpc) is 1.97. The lowest BCUT2D eigenvalue weighted by Gasteiger charge is -2.06. The van der Waals surface area contributed by atoms with E-state index in [-0.39, 0.29) is 0 Å². The Balaban J connectivity index is 3.10. The second-order valence-electron chi connectivity index (χ2n) is 2.65. The van der Waals surface area contributed by atoms with Crippen LogP contribution in [-0.2, 0) is 4.74 Å². The summed E-state index contributed by atoms with van der Waals surface area (Å²) in [5, 5.41) is 8.07. The lowest BCUT2D eigenvalue weighted by molar-refractivity contribution is 0.212. The predicted octanol–water partition coefficient (Wildman–Crippen LogP) is 2.31. The summed E-state index contributed by atoms with van der Waals surface area (Å²) in [5.41, 5.74) is 0. The van der Waals surface area contributed by atoms with Crippen LogP contribution in [0.5, 0.6) is 0 Å². The normalized spacial score (nSPS) is 12.1. The number of hydrogen-bond donors (Lipinski definition) is 0. The van der Waals surface area contributed by atoms with E-state index < -0.39 is 0 Å². The highest BCUT2D eigenvalue weighted by Gasteiger charge is 2.00. The second kappa shape index (κ2) is 6.41. The Hall–Kier alpha value is -0.710. The molecule has 10 heavy (non-hydrogen) atoms. The van der Waals surface area contributed by atoms with Crippen LogP contribution in [0.1, 0.15) is 33.1 Å². The van der Waals surface area contributed by atoms with Crippen molar-refractivity contribution in [3.8, 4) is 6.26 Å². The molecule has 0 saturated heterocycles. The van der Waals surface area contributed by atoms with Gasteiger partial charge in [-0.25, -0.2) is 0 Å². The number of hydrogen-bond acceptors (Lipinski definition) is 2. The first kappa shape index (κ1) is 9.29. The number of ether oxygens (including phenoxy) is 1. The molecule has 0 aliphatic carbocycles. The molecule has 0 amide bonds. The summed E-state index contributed by atoms with van der Waals surface area (Å²) >= 11 is 0. The first-order valence-corrected chi connectivity index (χ1v) is 3.82. The molecule has 0 fully saturated rings. The van der Waals surface area contributed by atoms with E-state index in [1.165, 1.54) is 12.8 Å². The van der Waals surface area contributed by atoms with Gasteiger partial charge in [0.05, 0.1) is 0 Å². The third-order valence-electron chi connectivity index (χ3n) is 1.48. The molecule has 0 radical (unpaired) electrons. The van der Waals surface area contributed by atoms with Crippen molar-refractivity contribution in [1.29, 1.82) is 5.26 Å². The molecule has 1 unspecified atom stereocenters. The Morgan fingerprint density at radius 2 is 2.30 bits per heavy atom. The van der Waals surface area contributed by atoms with Crippen molar-refractivity contribution >= 4 is 0 Å². The van der Waals surface area contributed by atoms with Crippen LogP contribution in [0.15, 0.2) is 0 Å². The van der Waals surface area contributed by atoms with Gasteiger partial charge in [0.25, 0.3) is 6.26 Å². The van der Waals surface area contributed by atoms with Crippen molar-refractivity contribution in [2.24, 2.45) is 5.92 Å². The second-order valence-corrected chi connectivity index (χ2v) is 2.65. The molecule has 0 aromatic rings. The van der Waals surface area contributed by atoms with Gasteiger partial charge in [0.1, 0.15) is 6.61 Å². The van der Waals surface area contributed by atoms with Gasteiger partial charge in [-0.15, -0.1) is 0 Å². The smallest absolute Gasteiger partial charge is 0.286 e. The number of nitriles is 1.